The minimum Gasteiger partial charge on any atom is -0.493 e. The Labute approximate surface area is 448 Å². The van der Waals surface area contributed by atoms with Gasteiger partial charge in [-0.15, -0.1) is 53.8 Å². The van der Waals surface area contributed by atoms with Crippen molar-refractivity contribution < 1.29 is 34.8 Å². The fourth-order valence-electron chi connectivity index (χ4n) is 9.61. The van der Waals surface area contributed by atoms with Gasteiger partial charge < -0.3 is 19.6 Å². The van der Waals surface area contributed by atoms with E-state index < -0.39 is 60.4 Å². The summed E-state index contributed by atoms with van der Waals surface area (Å²) >= 11 is 0. The van der Waals surface area contributed by atoms with Crippen molar-refractivity contribution in [3.63, 3.8) is 0 Å². The van der Waals surface area contributed by atoms with Crippen molar-refractivity contribution in [3.05, 3.63) is 274 Å². The summed E-state index contributed by atoms with van der Waals surface area (Å²) in [6.45, 7) is 1.80. The van der Waals surface area contributed by atoms with Crippen LogP contribution in [0.15, 0.2) is 255 Å². The maximum absolute atomic E-state index is 9.22. The fourth-order valence-corrected chi connectivity index (χ4v) is 9.61. The second-order valence-electron chi connectivity index (χ2n) is 16.8. The van der Waals surface area contributed by atoms with Crippen LogP contribution in [0.2, 0.25) is 0 Å². The predicted molar refractivity (Wildman–Crippen MR) is 291 cm³/mol. The third-order valence-corrected chi connectivity index (χ3v) is 12.7. The molecule has 2 aromatic heterocycles. The summed E-state index contributed by atoms with van der Waals surface area (Å²) in [7, 11) is 0. The predicted octanol–water partition coefficient (Wildman–Crippen LogP) is 17.1. The summed E-state index contributed by atoms with van der Waals surface area (Å²) in [5, 5.41) is 0. The molecule has 0 N–H and O–H groups in total. The molecule has 2 aliphatic rings. The first-order valence-corrected chi connectivity index (χ1v) is 23.0. The Hall–Kier alpha value is -8.83. The molecule has 2 aliphatic heterocycles. The third-order valence-electron chi connectivity index (χ3n) is 12.7. The van der Waals surface area contributed by atoms with Crippen LogP contribution in [0.4, 0.5) is 57.0 Å². The average molecular weight is 1110 g/mol. The van der Waals surface area contributed by atoms with E-state index in [0.717, 1.165) is 50.4 Å². The zero-order valence-corrected chi connectivity index (χ0v) is 40.3. The summed E-state index contributed by atoms with van der Waals surface area (Å²) < 4.78 is 88.8. The summed E-state index contributed by atoms with van der Waals surface area (Å²) in [4.78, 5) is 17.5. The van der Waals surface area contributed by atoms with E-state index in [1.807, 2.05) is 138 Å². The van der Waals surface area contributed by atoms with Crippen LogP contribution in [0.1, 0.15) is 13.7 Å². The van der Waals surface area contributed by atoms with Gasteiger partial charge in [0.15, 0.2) is 0 Å². The van der Waals surface area contributed by atoms with Crippen molar-refractivity contribution in [2.75, 3.05) is 19.6 Å². The Morgan fingerprint density at radius 2 is 1.10 bits per heavy atom. The molecule has 0 bridgehead atoms. The minimum atomic E-state index is -0.572. The molecule has 0 radical (unpaired) electrons. The molecule has 0 aliphatic carbocycles. The number of hydrogen-bond acceptors (Lipinski definition) is 6. The molecule has 0 spiro atoms. The van der Waals surface area contributed by atoms with E-state index in [1.54, 1.807) is 42.2 Å². The van der Waals surface area contributed by atoms with Crippen LogP contribution < -0.4 is 19.6 Å². The van der Waals surface area contributed by atoms with Crippen molar-refractivity contribution in [1.29, 1.82) is 0 Å². The van der Waals surface area contributed by atoms with Crippen LogP contribution in [0.5, 0.6) is 0 Å². The van der Waals surface area contributed by atoms with Gasteiger partial charge in [-0.3, -0.25) is 4.98 Å². The van der Waals surface area contributed by atoms with Crippen LogP contribution >= 0.6 is 0 Å². The first-order chi connectivity index (χ1) is 39.4. The van der Waals surface area contributed by atoms with E-state index in [4.69, 9.17) is 13.2 Å². The molecule has 72 heavy (non-hydrogen) atoms. The number of hydrogen-bond donors (Lipinski definition) is 0. The average Bonchev–Trinajstić information content (AvgIpc) is 2.89. The molecule has 9 aromatic carbocycles. The van der Waals surface area contributed by atoms with Crippen LogP contribution in [0.25, 0.3) is 55.6 Å². The van der Waals surface area contributed by atoms with E-state index in [0.29, 0.717) is 34.3 Å². The molecule has 11 aromatic rings. The van der Waals surface area contributed by atoms with Crippen LogP contribution in [0, 0.1) is 18.8 Å². The topological polar surface area (TPSA) is 38.7 Å². The van der Waals surface area contributed by atoms with Gasteiger partial charge in [-0.2, -0.15) is 6.07 Å². The number of para-hydroxylation sites is 5. The first kappa shape index (κ1) is 34.5. The number of benzene rings is 9. The van der Waals surface area contributed by atoms with Crippen molar-refractivity contribution in [2.24, 2.45) is 0 Å². The van der Waals surface area contributed by atoms with Gasteiger partial charge in [0.05, 0.1) is 19.4 Å². The number of aromatic nitrogens is 2. The SMILES string of the molecule is [2H]c1c([2H])c([2H])c(-c2cccc(-c3c([2H])c([2H])c([2H])c([2H])c3[2H])c2N2[CH-]N(c3[c-]c(N(c4[c-]c5c(cc4)-c4ccncc4-c4ccccc4N5c4ccccn4)c4ccccc4)cc(-c4ccccc4)c3)c3ccccc32)c([2H])c1[2H].[Pt]. The van der Waals surface area contributed by atoms with Crippen molar-refractivity contribution in [3.8, 4) is 55.6 Å². The Balaban J connectivity index is 0.00000665. The number of fused-ring (bicyclic) bond motifs is 6. The van der Waals surface area contributed by atoms with Crippen molar-refractivity contribution in [1.82, 2.24) is 9.97 Å². The summed E-state index contributed by atoms with van der Waals surface area (Å²) in [6.07, 6.45) is 5.48. The molecular weight excluding hydrogens is 1060 g/mol. The van der Waals surface area contributed by atoms with Gasteiger partial charge in [0, 0.05) is 79.1 Å². The van der Waals surface area contributed by atoms with Gasteiger partial charge >= 0.3 is 0 Å². The van der Waals surface area contributed by atoms with E-state index in [-0.39, 0.29) is 49.0 Å². The van der Waals surface area contributed by atoms with Crippen LogP contribution in [0.3, 0.4) is 0 Å². The van der Waals surface area contributed by atoms with Crippen molar-refractivity contribution in [2.45, 2.75) is 0 Å². The Morgan fingerprint density at radius 3 is 1.81 bits per heavy atom. The smallest absolute Gasteiger partial charge is 0.135 e. The largest absolute Gasteiger partial charge is 0.493 e. The van der Waals surface area contributed by atoms with Gasteiger partial charge in [-0.05, 0) is 70.8 Å². The summed E-state index contributed by atoms with van der Waals surface area (Å²) in [5.41, 5.74) is 11.5. The second-order valence-corrected chi connectivity index (χ2v) is 16.8. The molecule has 13 rings (SSSR count). The Bertz CT molecular complexity index is 4180. The van der Waals surface area contributed by atoms with E-state index in [1.165, 1.54) is 0 Å². The number of nitrogens with zero attached hydrogens (tertiary/aromatic N) is 6. The maximum atomic E-state index is 9.22. The monoisotopic (exact) mass is 1110 g/mol. The first-order valence-electron chi connectivity index (χ1n) is 28.0. The quantitative estimate of drug-likeness (QED) is 0.134. The summed E-state index contributed by atoms with van der Waals surface area (Å²) in [6, 6.07) is 59.3. The zero-order chi connectivity index (χ0) is 55.8. The third kappa shape index (κ3) is 7.92. The molecule has 4 heterocycles. The van der Waals surface area contributed by atoms with Gasteiger partial charge in [0.1, 0.15) is 5.82 Å². The standard InChI is InChI=1S/C65H43N6.Pt/c1-5-20-46(21-6-1)49-40-52(68-45-69(62-33-16-15-32-61(62)68)65-54(47-22-7-2-8-23-47)29-19-30-55(65)48-24-9-3-10-25-48)42-53(41-49)70(50-26-11-4-12-27-50)51-35-36-58-56-37-39-66-44-59(56)57-28-13-14-31-60(57)71(63(58)43-51)64-34-17-18-38-67-64;/h1-41,44-45H;/q-3;/i2D,3D,7D,8D,9D,10D,22D,23D,24D,25D;. The van der Waals surface area contributed by atoms with Crippen LogP contribution in [-0.4, -0.2) is 9.97 Å². The Morgan fingerprint density at radius 1 is 0.458 bits per heavy atom. The molecule has 6 nitrogen and oxygen atoms in total. The zero-order valence-electron chi connectivity index (χ0n) is 48.1. The molecule has 346 valence electrons. The van der Waals surface area contributed by atoms with Gasteiger partial charge in [0.25, 0.3) is 0 Å². The van der Waals surface area contributed by atoms with Gasteiger partial charge in [0.2, 0.25) is 0 Å². The van der Waals surface area contributed by atoms with E-state index >= 15 is 0 Å². The second kappa shape index (κ2) is 19.2. The van der Waals surface area contributed by atoms with Gasteiger partial charge in [-0.25, -0.2) is 4.98 Å². The molecule has 0 saturated carbocycles. The maximum Gasteiger partial charge on any atom is 0.135 e. The summed E-state index contributed by atoms with van der Waals surface area (Å²) in [5.74, 6) is 0.696. The molecule has 0 amide bonds. The van der Waals surface area contributed by atoms with E-state index in [9.17, 15) is 5.48 Å². The Kier molecular flexibility index (Phi) is 9.17. The van der Waals surface area contributed by atoms with E-state index in [2.05, 4.69) is 57.2 Å². The normalized spacial score (nSPS) is 14.1. The number of pyridine rings is 2. The molecular formula is C65H43N6Pt-3. The molecule has 0 atom stereocenters. The molecule has 7 heteroatoms. The molecule has 0 unspecified atom stereocenters. The number of anilines is 10. The minimum absolute atomic E-state index is 0. The fraction of sp³-hybridized carbons (Fsp3) is 0. The van der Waals surface area contributed by atoms with Crippen molar-refractivity contribution >= 4 is 57.0 Å². The molecule has 0 saturated heterocycles. The van der Waals surface area contributed by atoms with Gasteiger partial charge in [-0.1, -0.05) is 186 Å². The molecule has 0 fully saturated rings. The number of rotatable bonds is 9. The van der Waals surface area contributed by atoms with Crippen LogP contribution in [-0.2, 0) is 21.1 Å².